The summed E-state index contributed by atoms with van der Waals surface area (Å²) in [6.07, 6.45) is 0. The molecule has 0 radical (unpaired) electrons. The van der Waals surface area contributed by atoms with Crippen LogP contribution in [-0.4, -0.2) is 46.7 Å². The first kappa shape index (κ1) is 27.5. The van der Waals surface area contributed by atoms with Gasteiger partial charge in [0, 0.05) is 25.2 Å². The molecular formula is C25H28FN3O5S2. The van der Waals surface area contributed by atoms with Gasteiger partial charge in [-0.25, -0.2) is 25.9 Å². The first-order chi connectivity index (χ1) is 17.0. The molecule has 0 aromatic heterocycles. The molecule has 0 aliphatic heterocycles. The Balaban J connectivity index is 1.67. The van der Waals surface area contributed by atoms with Crippen molar-refractivity contribution in [2.45, 2.75) is 30.2 Å². The van der Waals surface area contributed by atoms with Gasteiger partial charge in [0.15, 0.2) is 0 Å². The molecule has 0 spiro atoms. The first-order valence-electron chi connectivity index (χ1n) is 11.1. The molecule has 0 saturated carbocycles. The van der Waals surface area contributed by atoms with Crippen LogP contribution in [0.4, 0.5) is 4.39 Å². The van der Waals surface area contributed by atoms with Gasteiger partial charge in [-0.1, -0.05) is 53.6 Å². The highest BCUT2D eigenvalue weighted by Gasteiger charge is 2.27. The molecule has 0 aliphatic carbocycles. The van der Waals surface area contributed by atoms with Crippen molar-refractivity contribution in [2.75, 3.05) is 19.6 Å². The first-order valence-corrected chi connectivity index (χ1v) is 14.0. The fourth-order valence-electron chi connectivity index (χ4n) is 3.31. The molecule has 0 heterocycles. The number of carbonyl (C=O) groups is 1. The van der Waals surface area contributed by atoms with E-state index >= 15 is 0 Å². The summed E-state index contributed by atoms with van der Waals surface area (Å²) in [5.74, 6) is -1.25. The summed E-state index contributed by atoms with van der Waals surface area (Å²) >= 11 is 0. The molecule has 1 amide bonds. The minimum Gasteiger partial charge on any atom is -0.354 e. The van der Waals surface area contributed by atoms with Gasteiger partial charge in [0.1, 0.15) is 5.82 Å². The largest absolute Gasteiger partial charge is 0.354 e. The van der Waals surface area contributed by atoms with E-state index in [1.165, 1.54) is 42.5 Å². The Kier molecular flexibility index (Phi) is 8.96. The van der Waals surface area contributed by atoms with Crippen LogP contribution in [-0.2, 0) is 31.4 Å². The minimum absolute atomic E-state index is 0.0249. The molecule has 0 atom stereocenters. The number of aryl methyl sites for hydroxylation is 2. The van der Waals surface area contributed by atoms with E-state index in [9.17, 15) is 26.0 Å². The summed E-state index contributed by atoms with van der Waals surface area (Å²) in [4.78, 5) is 12.7. The van der Waals surface area contributed by atoms with E-state index < -0.39 is 38.3 Å². The Morgan fingerprint density at radius 3 is 1.94 bits per heavy atom. The third-order valence-corrected chi connectivity index (χ3v) is 8.64. The molecule has 36 heavy (non-hydrogen) atoms. The number of hydrogen-bond acceptors (Lipinski definition) is 5. The van der Waals surface area contributed by atoms with Gasteiger partial charge in [0.2, 0.25) is 26.0 Å². The highest BCUT2D eigenvalue weighted by atomic mass is 32.2. The normalized spacial score (nSPS) is 12.0. The molecule has 192 valence electrons. The van der Waals surface area contributed by atoms with Gasteiger partial charge >= 0.3 is 0 Å². The lowest BCUT2D eigenvalue weighted by Crippen LogP contribution is -2.42. The lowest BCUT2D eigenvalue weighted by Gasteiger charge is -2.22. The second kappa shape index (κ2) is 11.7. The number of rotatable bonds is 11. The Bertz CT molecular complexity index is 1410. The Morgan fingerprint density at radius 2 is 1.36 bits per heavy atom. The van der Waals surface area contributed by atoms with Gasteiger partial charge in [-0.15, -0.1) is 0 Å². The molecule has 0 fully saturated rings. The molecule has 3 aromatic carbocycles. The van der Waals surface area contributed by atoms with Crippen LogP contribution in [0.3, 0.4) is 0 Å². The number of halogens is 1. The van der Waals surface area contributed by atoms with Gasteiger partial charge in [0.25, 0.3) is 0 Å². The zero-order valence-corrected chi connectivity index (χ0v) is 21.6. The van der Waals surface area contributed by atoms with Crippen LogP contribution in [0.5, 0.6) is 0 Å². The van der Waals surface area contributed by atoms with Crippen molar-refractivity contribution in [2.24, 2.45) is 0 Å². The SMILES string of the molecule is Cc1ccc(S(=O)(=O)NCCNC(=O)CN(Cc2ccccc2F)S(=O)(=O)c2ccc(C)cc2)cc1. The fourth-order valence-corrected chi connectivity index (χ4v) is 5.71. The number of amides is 1. The average Bonchev–Trinajstić information content (AvgIpc) is 2.83. The summed E-state index contributed by atoms with van der Waals surface area (Å²) < 4.78 is 68.8. The Labute approximate surface area is 211 Å². The van der Waals surface area contributed by atoms with Crippen molar-refractivity contribution < 1.29 is 26.0 Å². The standard InChI is InChI=1S/C25H28FN3O5S2/c1-19-7-11-22(12-8-19)35(31,32)28-16-15-27-25(30)18-29(17-21-5-3-4-6-24(21)26)36(33,34)23-13-9-20(2)10-14-23/h3-14,28H,15-18H2,1-2H3,(H,27,30). The van der Waals surface area contributed by atoms with Gasteiger partial charge in [-0.3, -0.25) is 4.79 Å². The van der Waals surface area contributed by atoms with Crippen molar-refractivity contribution in [1.82, 2.24) is 14.3 Å². The summed E-state index contributed by atoms with van der Waals surface area (Å²) in [6, 6.07) is 18.2. The summed E-state index contributed by atoms with van der Waals surface area (Å²) in [5, 5.41) is 2.51. The predicted octanol–water partition coefficient (Wildman–Crippen LogP) is 2.73. The van der Waals surface area contributed by atoms with Crippen LogP contribution in [0.15, 0.2) is 82.6 Å². The average molecular weight is 534 g/mol. The maximum atomic E-state index is 14.3. The Hall–Kier alpha value is -3.12. The van der Waals surface area contributed by atoms with E-state index in [0.717, 1.165) is 15.4 Å². The van der Waals surface area contributed by atoms with E-state index in [-0.39, 0.29) is 35.0 Å². The Morgan fingerprint density at radius 1 is 0.806 bits per heavy atom. The van der Waals surface area contributed by atoms with Crippen molar-refractivity contribution in [3.8, 4) is 0 Å². The summed E-state index contributed by atoms with van der Waals surface area (Å²) in [5.41, 5.74) is 1.90. The van der Waals surface area contributed by atoms with E-state index in [1.807, 2.05) is 13.8 Å². The number of sulfonamides is 2. The van der Waals surface area contributed by atoms with Crippen LogP contribution in [0, 0.1) is 19.7 Å². The van der Waals surface area contributed by atoms with E-state index in [1.54, 1.807) is 30.3 Å². The smallest absolute Gasteiger partial charge is 0.243 e. The summed E-state index contributed by atoms with van der Waals surface area (Å²) in [6.45, 7) is 2.56. The van der Waals surface area contributed by atoms with Gasteiger partial charge in [-0.05, 0) is 44.2 Å². The molecule has 11 heteroatoms. The van der Waals surface area contributed by atoms with E-state index in [4.69, 9.17) is 0 Å². The number of carbonyl (C=O) groups excluding carboxylic acids is 1. The molecule has 0 unspecified atom stereocenters. The molecule has 0 aliphatic rings. The number of hydrogen-bond donors (Lipinski definition) is 2. The van der Waals surface area contributed by atoms with Gasteiger partial charge < -0.3 is 5.32 Å². The molecule has 8 nitrogen and oxygen atoms in total. The molecule has 3 rings (SSSR count). The van der Waals surface area contributed by atoms with Crippen LogP contribution in [0.2, 0.25) is 0 Å². The van der Waals surface area contributed by atoms with Crippen LogP contribution < -0.4 is 10.0 Å². The maximum absolute atomic E-state index is 14.3. The maximum Gasteiger partial charge on any atom is 0.243 e. The summed E-state index contributed by atoms with van der Waals surface area (Å²) in [7, 11) is -7.88. The van der Waals surface area contributed by atoms with Crippen molar-refractivity contribution in [3.63, 3.8) is 0 Å². The van der Waals surface area contributed by atoms with E-state index in [0.29, 0.717) is 0 Å². The number of nitrogens with one attached hydrogen (secondary N) is 2. The second-order valence-electron chi connectivity index (χ2n) is 8.24. The topological polar surface area (TPSA) is 113 Å². The third kappa shape index (κ3) is 7.20. The van der Waals surface area contributed by atoms with E-state index in [2.05, 4.69) is 10.0 Å². The van der Waals surface area contributed by atoms with Gasteiger partial charge in [0.05, 0.1) is 16.3 Å². The zero-order chi connectivity index (χ0) is 26.3. The predicted molar refractivity (Wildman–Crippen MR) is 135 cm³/mol. The van der Waals surface area contributed by atoms with Crippen LogP contribution in [0.25, 0.3) is 0 Å². The second-order valence-corrected chi connectivity index (χ2v) is 11.9. The van der Waals surface area contributed by atoms with Crippen LogP contribution in [0.1, 0.15) is 16.7 Å². The highest BCUT2D eigenvalue weighted by Crippen LogP contribution is 2.20. The fraction of sp³-hybridized carbons (Fsp3) is 0.240. The lowest BCUT2D eigenvalue weighted by molar-refractivity contribution is -0.121. The van der Waals surface area contributed by atoms with Crippen molar-refractivity contribution in [3.05, 3.63) is 95.3 Å². The van der Waals surface area contributed by atoms with Crippen molar-refractivity contribution in [1.29, 1.82) is 0 Å². The number of nitrogens with zero attached hydrogens (tertiary/aromatic N) is 1. The molecular weight excluding hydrogens is 505 g/mol. The quantitative estimate of drug-likeness (QED) is 0.368. The third-order valence-electron chi connectivity index (χ3n) is 5.35. The minimum atomic E-state index is -4.13. The molecule has 2 N–H and O–H groups in total. The molecule has 0 saturated heterocycles. The molecule has 0 bridgehead atoms. The van der Waals surface area contributed by atoms with Crippen molar-refractivity contribution >= 4 is 26.0 Å². The lowest BCUT2D eigenvalue weighted by atomic mass is 10.2. The molecule has 3 aromatic rings. The monoisotopic (exact) mass is 533 g/mol. The number of benzene rings is 3. The van der Waals surface area contributed by atoms with Crippen LogP contribution >= 0.6 is 0 Å². The zero-order valence-electron chi connectivity index (χ0n) is 19.9. The highest BCUT2D eigenvalue weighted by molar-refractivity contribution is 7.89. The van der Waals surface area contributed by atoms with Gasteiger partial charge in [-0.2, -0.15) is 4.31 Å².